The quantitative estimate of drug-likeness (QED) is 0.346. The van der Waals surface area contributed by atoms with Gasteiger partial charge >= 0.3 is 6.01 Å². The Balaban J connectivity index is 1.36. The van der Waals surface area contributed by atoms with Gasteiger partial charge in [0.1, 0.15) is 35.2 Å². The average molecular weight is 564 g/mol. The fraction of sp³-hybridized carbons (Fsp3) is 0.452. The highest BCUT2D eigenvalue weighted by Gasteiger charge is 2.34. The number of halogens is 2. The first-order valence-electron chi connectivity index (χ1n) is 15.8. The van der Waals surface area contributed by atoms with Crippen molar-refractivity contribution in [2.24, 2.45) is 0 Å². The third kappa shape index (κ3) is 4.63. The van der Waals surface area contributed by atoms with E-state index in [0.717, 1.165) is 19.3 Å². The van der Waals surface area contributed by atoms with Gasteiger partial charge in [-0.2, -0.15) is 9.97 Å². The Labute approximate surface area is 241 Å². The summed E-state index contributed by atoms with van der Waals surface area (Å²) >= 11 is 0. The number of nitrogens with one attached hydrogen (secondary N) is 1. The van der Waals surface area contributed by atoms with Gasteiger partial charge in [-0.05, 0) is 80.2 Å². The number of phenols is 1. The van der Waals surface area contributed by atoms with Crippen LogP contribution in [0.1, 0.15) is 42.3 Å². The molecule has 0 saturated carbocycles. The number of anilines is 1. The zero-order valence-electron chi connectivity index (χ0n) is 25.8. The van der Waals surface area contributed by atoms with Gasteiger partial charge in [0.2, 0.25) is 0 Å². The predicted octanol–water partition coefficient (Wildman–Crippen LogP) is 4.80. The van der Waals surface area contributed by atoms with E-state index >= 15 is 4.39 Å². The number of likely N-dealkylation sites (N-methyl/N-ethyl adjacent to an activating group) is 1. The van der Waals surface area contributed by atoms with Crippen LogP contribution >= 0.6 is 0 Å². The number of nitrogens with zero attached hydrogens (tertiary/aromatic N) is 5. The number of phenolic OH excluding ortho intramolecular Hbond substituents is 1. The van der Waals surface area contributed by atoms with Crippen molar-refractivity contribution >= 4 is 27.5 Å². The number of piperazine rings is 1. The number of hydrogen-bond acceptors (Lipinski definition) is 8. The second-order valence-corrected chi connectivity index (χ2v) is 11.3. The monoisotopic (exact) mass is 563 g/mol. The second-order valence-electron chi connectivity index (χ2n) is 11.3. The lowest BCUT2D eigenvalue weighted by molar-refractivity contribution is 0.188. The number of hydrogen-bond donors (Lipinski definition) is 2. The molecule has 3 aliphatic heterocycles. The Morgan fingerprint density at radius 1 is 1.15 bits per heavy atom. The molecule has 0 radical (unpaired) electrons. The van der Waals surface area contributed by atoms with Crippen LogP contribution in [0.5, 0.6) is 11.8 Å². The highest BCUT2D eigenvalue weighted by atomic mass is 19.1. The van der Waals surface area contributed by atoms with Crippen molar-refractivity contribution in [1.82, 2.24) is 25.2 Å². The molecule has 10 heteroatoms. The summed E-state index contributed by atoms with van der Waals surface area (Å²) in [5, 5.41) is 15.6. The summed E-state index contributed by atoms with van der Waals surface area (Å²) in [6.45, 7) is 1.42. The fourth-order valence-corrected chi connectivity index (χ4v) is 6.70. The van der Waals surface area contributed by atoms with E-state index in [9.17, 15) is 9.50 Å². The third-order valence-electron chi connectivity index (χ3n) is 8.70. The van der Waals surface area contributed by atoms with Crippen LogP contribution in [0.2, 0.25) is 0 Å². The lowest BCUT2D eigenvalue weighted by Crippen LogP contribution is -2.51. The van der Waals surface area contributed by atoms with E-state index in [4.69, 9.17) is 13.8 Å². The Kier molecular flexibility index (Phi) is 5.79. The first-order valence-corrected chi connectivity index (χ1v) is 14.3. The number of likely N-dealkylation sites (tertiary alicyclic amines) is 1. The van der Waals surface area contributed by atoms with Gasteiger partial charge < -0.3 is 25.0 Å². The molecule has 0 spiro atoms. The molecule has 0 amide bonds. The van der Waals surface area contributed by atoms with Crippen LogP contribution in [-0.4, -0.2) is 76.3 Å². The standard InChI is InChI=1S/C31H34F2N6O2/c1-3-22-25(32)9-6-17-11-21(40)12-23(26(17)22)28-27(33)29-24(13-34-28)30(39-14-18-7-8-19(15-39)35-18)37-31(36-29)41-16-20-5-4-10-38(20)2/h6,9,11-13,18-20,35,40H,3-5,7-8,10,14-16H2,1-2H3/t18-,19+,20-/m0/s1/i2D3. The topological polar surface area (TPSA) is 86.6 Å². The summed E-state index contributed by atoms with van der Waals surface area (Å²) in [7, 11) is 0. The first kappa shape index (κ1) is 23.0. The largest absolute Gasteiger partial charge is 0.508 e. The first-order chi connectivity index (χ1) is 21.1. The van der Waals surface area contributed by atoms with Gasteiger partial charge in [-0.1, -0.05) is 13.0 Å². The molecule has 2 bridgehead atoms. The van der Waals surface area contributed by atoms with Crippen LogP contribution in [0, 0.1) is 11.6 Å². The van der Waals surface area contributed by atoms with Crippen LogP contribution in [0.15, 0.2) is 30.5 Å². The number of aromatic nitrogens is 3. The molecule has 3 fully saturated rings. The molecule has 7 rings (SSSR count). The van der Waals surface area contributed by atoms with E-state index in [1.807, 2.05) is 6.92 Å². The molecule has 214 valence electrons. The molecule has 2 aromatic carbocycles. The molecule has 2 aromatic heterocycles. The molecule has 0 aliphatic carbocycles. The minimum absolute atomic E-state index is 0.00840. The van der Waals surface area contributed by atoms with Gasteiger partial charge in [0.15, 0.2) is 5.82 Å². The Hall–Kier alpha value is -3.63. The van der Waals surface area contributed by atoms with Gasteiger partial charge in [-0.15, -0.1) is 0 Å². The van der Waals surface area contributed by atoms with Crippen LogP contribution in [0.4, 0.5) is 14.6 Å². The molecular weight excluding hydrogens is 526 g/mol. The van der Waals surface area contributed by atoms with Crippen molar-refractivity contribution in [1.29, 1.82) is 0 Å². The smallest absolute Gasteiger partial charge is 0.319 e. The molecule has 3 saturated heterocycles. The number of aromatic hydroxyl groups is 1. The van der Waals surface area contributed by atoms with Crippen molar-refractivity contribution in [2.45, 2.75) is 57.2 Å². The molecule has 3 aliphatic rings. The van der Waals surface area contributed by atoms with E-state index in [2.05, 4.69) is 20.2 Å². The average Bonchev–Trinajstić information content (AvgIpc) is 3.61. The summed E-state index contributed by atoms with van der Waals surface area (Å²) in [6, 6.07) is 5.99. The maximum atomic E-state index is 16.7. The SMILES string of the molecule is [2H]C([2H])([2H])N1CCC[C@H]1COc1nc(N2C[C@H]3CC[C@@H](C2)N3)c2cnc(-c3cc(O)cc4ccc(F)c(CC)c34)c(F)c2n1. The highest BCUT2D eigenvalue weighted by molar-refractivity contribution is 6.01. The van der Waals surface area contributed by atoms with Crippen molar-refractivity contribution in [3.8, 4) is 23.0 Å². The van der Waals surface area contributed by atoms with Crippen LogP contribution in [0.25, 0.3) is 32.9 Å². The third-order valence-corrected chi connectivity index (χ3v) is 8.70. The molecule has 4 aromatic rings. The maximum absolute atomic E-state index is 16.7. The van der Waals surface area contributed by atoms with Crippen LogP contribution in [0.3, 0.4) is 0 Å². The second kappa shape index (κ2) is 10.3. The van der Waals surface area contributed by atoms with E-state index < -0.39 is 18.6 Å². The van der Waals surface area contributed by atoms with Crippen molar-refractivity contribution in [3.05, 3.63) is 47.7 Å². The molecule has 3 atom stereocenters. The Morgan fingerprint density at radius 3 is 2.76 bits per heavy atom. The lowest BCUT2D eigenvalue weighted by Gasteiger charge is -2.34. The minimum Gasteiger partial charge on any atom is -0.508 e. The van der Waals surface area contributed by atoms with Gasteiger partial charge in [0, 0.05) is 47.1 Å². The fourth-order valence-electron chi connectivity index (χ4n) is 6.70. The summed E-state index contributed by atoms with van der Waals surface area (Å²) < 4.78 is 61.3. The van der Waals surface area contributed by atoms with Gasteiger partial charge in [-0.3, -0.25) is 4.98 Å². The molecule has 2 N–H and O–H groups in total. The van der Waals surface area contributed by atoms with Crippen molar-refractivity contribution in [3.63, 3.8) is 0 Å². The van der Waals surface area contributed by atoms with Gasteiger partial charge in [0.25, 0.3) is 0 Å². The lowest BCUT2D eigenvalue weighted by atomic mass is 9.94. The zero-order chi connectivity index (χ0) is 30.7. The van der Waals surface area contributed by atoms with E-state index in [1.54, 1.807) is 6.07 Å². The number of pyridine rings is 1. The normalized spacial score (nSPS) is 24.1. The number of ether oxygens (including phenoxy) is 1. The summed E-state index contributed by atoms with van der Waals surface area (Å²) in [4.78, 5) is 17.3. The van der Waals surface area contributed by atoms with E-state index in [0.29, 0.717) is 60.0 Å². The highest BCUT2D eigenvalue weighted by Crippen LogP contribution is 2.39. The molecule has 5 heterocycles. The van der Waals surface area contributed by atoms with Gasteiger partial charge in [0.05, 0.1) is 5.39 Å². The predicted molar refractivity (Wildman–Crippen MR) is 155 cm³/mol. The van der Waals surface area contributed by atoms with Crippen molar-refractivity contribution < 1.29 is 22.7 Å². The maximum Gasteiger partial charge on any atom is 0.319 e. The van der Waals surface area contributed by atoms with Crippen LogP contribution < -0.4 is 15.0 Å². The molecule has 8 nitrogen and oxygen atoms in total. The Bertz CT molecular complexity index is 1740. The number of rotatable bonds is 6. The summed E-state index contributed by atoms with van der Waals surface area (Å²) in [5.41, 5.74) is 0.584. The van der Waals surface area contributed by atoms with Gasteiger partial charge in [-0.25, -0.2) is 8.78 Å². The summed E-state index contributed by atoms with van der Waals surface area (Å²) in [6.07, 6.45) is 5.37. The van der Waals surface area contributed by atoms with Crippen molar-refractivity contribution in [2.75, 3.05) is 38.1 Å². The molecular formula is C31H34F2N6O2. The number of aryl methyl sites for hydroxylation is 1. The van der Waals surface area contributed by atoms with E-state index in [1.165, 1.54) is 29.3 Å². The zero-order valence-corrected chi connectivity index (χ0v) is 22.8. The number of benzene rings is 2. The molecule has 0 unspecified atom stereocenters. The Morgan fingerprint density at radius 2 is 1.98 bits per heavy atom. The minimum atomic E-state index is -2.24. The molecule has 41 heavy (non-hydrogen) atoms. The van der Waals surface area contributed by atoms with Crippen LogP contribution in [-0.2, 0) is 6.42 Å². The summed E-state index contributed by atoms with van der Waals surface area (Å²) in [5.74, 6) is -0.750. The van der Waals surface area contributed by atoms with E-state index in [-0.39, 0.29) is 53.3 Å². The number of fused-ring (bicyclic) bond motifs is 4.